The van der Waals surface area contributed by atoms with Crippen molar-refractivity contribution in [2.75, 3.05) is 19.8 Å². The molecule has 1 N–H and O–H groups in total. The maximum atomic E-state index is 11.8. The monoisotopic (exact) mass is 275 g/mol. The predicted octanol–water partition coefficient (Wildman–Crippen LogP) is 3.53. The molecule has 5 heteroatoms. The van der Waals surface area contributed by atoms with Crippen LogP contribution in [0.4, 0.5) is 13.2 Å². The SMILES string of the molecule is FC(F)(F)CCCOCCCNCc1ccccc1. The molecule has 0 aliphatic rings. The lowest BCUT2D eigenvalue weighted by Crippen LogP contribution is -2.16. The zero-order valence-electron chi connectivity index (χ0n) is 10.9. The summed E-state index contributed by atoms with van der Waals surface area (Å²) in [5.74, 6) is 0. The largest absolute Gasteiger partial charge is 0.389 e. The van der Waals surface area contributed by atoms with Gasteiger partial charge in [-0.1, -0.05) is 30.3 Å². The van der Waals surface area contributed by atoms with E-state index in [0.717, 1.165) is 19.5 Å². The summed E-state index contributed by atoms with van der Waals surface area (Å²) in [7, 11) is 0. The van der Waals surface area contributed by atoms with Crippen LogP contribution in [0, 0.1) is 0 Å². The fourth-order valence-electron chi connectivity index (χ4n) is 1.60. The lowest BCUT2D eigenvalue weighted by atomic mass is 10.2. The summed E-state index contributed by atoms with van der Waals surface area (Å²) in [5, 5.41) is 3.26. The first-order chi connectivity index (χ1) is 9.08. The zero-order valence-corrected chi connectivity index (χ0v) is 10.9. The van der Waals surface area contributed by atoms with Gasteiger partial charge in [0.05, 0.1) is 0 Å². The second-order valence-corrected chi connectivity index (χ2v) is 4.35. The second-order valence-electron chi connectivity index (χ2n) is 4.35. The molecule has 0 radical (unpaired) electrons. The van der Waals surface area contributed by atoms with Gasteiger partial charge in [0.2, 0.25) is 0 Å². The molecule has 0 unspecified atom stereocenters. The molecule has 0 amide bonds. The number of rotatable bonds is 9. The maximum Gasteiger partial charge on any atom is 0.389 e. The zero-order chi connectivity index (χ0) is 14.0. The summed E-state index contributed by atoms with van der Waals surface area (Å²) in [6.45, 7) is 2.28. The molecule has 108 valence electrons. The average Bonchev–Trinajstić information content (AvgIpc) is 2.37. The van der Waals surface area contributed by atoms with E-state index in [2.05, 4.69) is 5.32 Å². The highest BCUT2D eigenvalue weighted by molar-refractivity contribution is 5.14. The van der Waals surface area contributed by atoms with Crippen molar-refractivity contribution in [1.29, 1.82) is 0 Å². The van der Waals surface area contributed by atoms with Crippen LogP contribution in [-0.4, -0.2) is 25.9 Å². The van der Waals surface area contributed by atoms with Gasteiger partial charge in [0.15, 0.2) is 0 Å². The van der Waals surface area contributed by atoms with Crippen molar-refractivity contribution in [1.82, 2.24) is 5.32 Å². The normalized spacial score (nSPS) is 11.7. The quantitative estimate of drug-likeness (QED) is 0.696. The molecule has 1 rings (SSSR count). The van der Waals surface area contributed by atoms with Crippen LogP contribution < -0.4 is 5.32 Å². The highest BCUT2D eigenvalue weighted by Gasteiger charge is 2.25. The first-order valence-corrected chi connectivity index (χ1v) is 6.47. The molecule has 1 aromatic rings. The van der Waals surface area contributed by atoms with E-state index in [1.54, 1.807) is 0 Å². The molecule has 2 nitrogen and oxygen atoms in total. The Balaban J connectivity index is 1.87. The summed E-state index contributed by atoms with van der Waals surface area (Å²) in [5.41, 5.74) is 1.22. The van der Waals surface area contributed by atoms with Crippen LogP contribution in [0.5, 0.6) is 0 Å². The molecular weight excluding hydrogens is 255 g/mol. The number of hydrogen-bond acceptors (Lipinski definition) is 2. The van der Waals surface area contributed by atoms with Gasteiger partial charge in [0.25, 0.3) is 0 Å². The number of ether oxygens (including phenoxy) is 1. The molecule has 0 aromatic heterocycles. The topological polar surface area (TPSA) is 21.3 Å². The van der Waals surface area contributed by atoms with Gasteiger partial charge in [-0.2, -0.15) is 13.2 Å². The van der Waals surface area contributed by atoms with Crippen LogP contribution in [0.3, 0.4) is 0 Å². The summed E-state index contributed by atoms with van der Waals surface area (Å²) < 4.78 is 40.6. The lowest BCUT2D eigenvalue weighted by molar-refractivity contribution is -0.137. The molecule has 0 heterocycles. The second kappa shape index (κ2) is 8.93. The van der Waals surface area contributed by atoms with Gasteiger partial charge < -0.3 is 10.1 Å². The minimum absolute atomic E-state index is 0.0426. The Morgan fingerprint density at radius 3 is 2.37 bits per heavy atom. The summed E-state index contributed by atoms with van der Waals surface area (Å²) in [4.78, 5) is 0. The average molecular weight is 275 g/mol. The molecular formula is C14H20F3NO. The van der Waals surface area contributed by atoms with Gasteiger partial charge >= 0.3 is 6.18 Å². The summed E-state index contributed by atoms with van der Waals surface area (Å²) >= 11 is 0. The highest BCUT2D eigenvalue weighted by atomic mass is 19.4. The van der Waals surface area contributed by atoms with Crippen molar-refractivity contribution >= 4 is 0 Å². The van der Waals surface area contributed by atoms with E-state index in [0.29, 0.717) is 6.61 Å². The Morgan fingerprint density at radius 2 is 1.68 bits per heavy atom. The Labute approximate surface area is 112 Å². The van der Waals surface area contributed by atoms with Gasteiger partial charge in [0.1, 0.15) is 0 Å². The van der Waals surface area contributed by atoms with E-state index in [-0.39, 0.29) is 13.0 Å². The Kier molecular flexibility index (Phi) is 7.52. The molecule has 0 aliphatic heterocycles. The van der Waals surface area contributed by atoms with Crippen LogP contribution >= 0.6 is 0 Å². The van der Waals surface area contributed by atoms with E-state index in [4.69, 9.17) is 4.74 Å². The smallest absolute Gasteiger partial charge is 0.381 e. The van der Waals surface area contributed by atoms with Gasteiger partial charge in [-0.05, 0) is 24.9 Å². The first kappa shape index (κ1) is 16.0. The molecule has 0 atom stereocenters. The van der Waals surface area contributed by atoms with Crippen molar-refractivity contribution in [3.63, 3.8) is 0 Å². The van der Waals surface area contributed by atoms with E-state index in [9.17, 15) is 13.2 Å². The van der Waals surface area contributed by atoms with Crippen molar-refractivity contribution in [2.45, 2.75) is 32.0 Å². The molecule has 19 heavy (non-hydrogen) atoms. The van der Waals surface area contributed by atoms with Gasteiger partial charge in [-0.25, -0.2) is 0 Å². The highest BCUT2D eigenvalue weighted by Crippen LogP contribution is 2.20. The van der Waals surface area contributed by atoms with Crippen LogP contribution in [0.1, 0.15) is 24.8 Å². The maximum absolute atomic E-state index is 11.8. The fraction of sp³-hybridized carbons (Fsp3) is 0.571. The molecule has 0 saturated heterocycles. The predicted molar refractivity (Wildman–Crippen MR) is 68.9 cm³/mol. The van der Waals surface area contributed by atoms with Crippen LogP contribution in [0.2, 0.25) is 0 Å². The number of benzene rings is 1. The summed E-state index contributed by atoms with van der Waals surface area (Å²) in [6.07, 6.45) is -3.99. The van der Waals surface area contributed by atoms with Crippen LogP contribution in [0.25, 0.3) is 0 Å². The molecule has 0 fully saturated rings. The Morgan fingerprint density at radius 1 is 1.00 bits per heavy atom. The van der Waals surface area contributed by atoms with Crippen molar-refractivity contribution in [3.05, 3.63) is 35.9 Å². The third-order valence-electron chi connectivity index (χ3n) is 2.56. The number of halogens is 3. The standard InChI is InChI=1S/C14H20F3NO/c15-14(16,17)8-4-10-19-11-5-9-18-12-13-6-2-1-3-7-13/h1-3,6-7,18H,4-5,8-12H2. The third kappa shape index (κ3) is 9.50. The molecule has 0 spiro atoms. The van der Waals surface area contributed by atoms with E-state index in [1.165, 1.54) is 5.56 Å². The Hall–Kier alpha value is -1.07. The number of hydrogen-bond donors (Lipinski definition) is 1. The minimum atomic E-state index is -4.07. The van der Waals surface area contributed by atoms with Gasteiger partial charge in [-0.3, -0.25) is 0 Å². The number of nitrogens with one attached hydrogen (secondary N) is 1. The van der Waals surface area contributed by atoms with E-state index < -0.39 is 12.6 Å². The van der Waals surface area contributed by atoms with Crippen LogP contribution in [-0.2, 0) is 11.3 Å². The lowest BCUT2D eigenvalue weighted by Gasteiger charge is -2.07. The van der Waals surface area contributed by atoms with E-state index in [1.807, 2.05) is 30.3 Å². The minimum Gasteiger partial charge on any atom is -0.381 e. The Bertz CT molecular complexity index is 327. The van der Waals surface area contributed by atoms with Crippen molar-refractivity contribution < 1.29 is 17.9 Å². The van der Waals surface area contributed by atoms with Crippen LogP contribution in [0.15, 0.2) is 30.3 Å². The molecule has 1 aromatic carbocycles. The molecule has 0 bridgehead atoms. The summed E-state index contributed by atoms with van der Waals surface area (Å²) in [6, 6.07) is 10.0. The fourth-order valence-corrected chi connectivity index (χ4v) is 1.60. The van der Waals surface area contributed by atoms with E-state index >= 15 is 0 Å². The number of alkyl halides is 3. The van der Waals surface area contributed by atoms with Crippen molar-refractivity contribution in [3.8, 4) is 0 Å². The first-order valence-electron chi connectivity index (χ1n) is 6.47. The molecule has 0 saturated carbocycles. The van der Waals surface area contributed by atoms with Gasteiger partial charge in [-0.15, -0.1) is 0 Å². The van der Waals surface area contributed by atoms with Crippen molar-refractivity contribution in [2.24, 2.45) is 0 Å². The molecule has 0 aliphatic carbocycles. The van der Waals surface area contributed by atoms with Gasteiger partial charge in [0, 0.05) is 26.2 Å². The third-order valence-corrected chi connectivity index (χ3v) is 2.56.